The van der Waals surface area contributed by atoms with Crippen molar-refractivity contribution in [2.45, 2.75) is 45.3 Å². The Morgan fingerprint density at radius 1 is 1.42 bits per heavy atom. The molecular formula is C18H25N3O2S. The van der Waals surface area contributed by atoms with Crippen molar-refractivity contribution in [3.8, 4) is 0 Å². The first-order valence-corrected chi connectivity index (χ1v) is 9.36. The van der Waals surface area contributed by atoms with Crippen LogP contribution in [-0.2, 0) is 19.4 Å². The van der Waals surface area contributed by atoms with Crippen LogP contribution in [0.15, 0.2) is 34.3 Å². The molecular weight excluding hydrogens is 322 g/mol. The molecule has 2 aromatic rings. The number of hydrogen-bond acceptors (Lipinski definition) is 4. The van der Waals surface area contributed by atoms with E-state index in [-0.39, 0.29) is 12.1 Å². The van der Waals surface area contributed by atoms with Crippen molar-refractivity contribution >= 4 is 17.4 Å². The number of nitrogens with one attached hydrogen (secondary N) is 2. The summed E-state index contributed by atoms with van der Waals surface area (Å²) in [5, 5.41) is 8.12. The second kappa shape index (κ2) is 7.85. The van der Waals surface area contributed by atoms with Crippen LogP contribution in [0.25, 0.3) is 0 Å². The maximum atomic E-state index is 12.1. The number of fused-ring (bicyclic) bond motifs is 1. The molecule has 130 valence electrons. The zero-order chi connectivity index (χ0) is 16.9. The largest absolute Gasteiger partial charge is 0.469 e. The van der Waals surface area contributed by atoms with Gasteiger partial charge in [-0.25, -0.2) is 4.79 Å². The van der Waals surface area contributed by atoms with Gasteiger partial charge in [-0.2, -0.15) is 0 Å². The second-order valence-electron chi connectivity index (χ2n) is 6.48. The van der Waals surface area contributed by atoms with E-state index < -0.39 is 0 Å². The van der Waals surface area contributed by atoms with Crippen LogP contribution in [0, 0.1) is 0 Å². The third-order valence-corrected chi connectivity index (χ3v) is 5.51. The summed E-state index contributed by atoms with van der Waals surface area (Å²) >= 11 is 1.85. The number of urea groups is 1. The molecule has 6 heteroatoms. The Kier molecular flexibility index (Phi) is 5.58. The molecule has 0 bridgehead atoms. The van der Waals surface area contributed by atoms with Crippen molar-refractivity contribution in [3.05, 3.63) is 46.0 Å². The molecule has 24 heavy (non-hydrogen) atoms. The van der Waals surface area contributed by atoms with Gasteiger partial charge in [0.2, 0.25) is 0 Å². The molecule has 1 aliphatic rings. The lowest BCUT2D eigenvalue weighted by Crippen LogP contribution is -2.48. The molecule has 0 unspecified atom stereocenters. The van der Waals surface area contributed by atoms with Crippen LogP contribution in [0.3, 0.4) is 0 Å². The summed E-state index contributed by atoms with van der Waals surface area (Å²) in [6.07, 6.45) is 3.47. The maximum Gasteiger partial charge on any atom is 0.315 e. The predicted octanol–water partition coefficient (Wildman–Crippen LogP) is 3.02. The van der Waals surface area contributed by atoms with Crippen LogP contribution in [-0.4, -0.2) is 36.1 Å². The molecule has 2 amide bonds. The SMILES string of the molecule is C[C@H](Cc1ccco1)NC(=O)NC[C@H](C)N1CCc2sccc2C1. The van der Waals surface area contributed by atoms with E-state index >= 15 is 0 Å². The Hall–Kier alpha value is -1.79. The highest BCUT2D eigenvalue weighted by atomic mass is 32.1. The number of carbonyl (C=O) groups excluding carboxylic acids is 1. The molecule has 5 nitrogen and oxygen atoms in total. The topological polar surface area (TPSA) is 57.5 Å². The highest BCUT2D eigenvalue weighted by molar-refractivity contribution is 7.10. The fourth-order valence-corrected chi connectivity index (χ4v) is 3.96. The number of nitrogens with zero attached hydrogens (tertiary/aromatic N) is 1. The van der Waals surface area contributed by atoms with Crippen molar-refractivity contribution in [1.29, 1.82) is 0 Å². The summed E-state index contributed by atoms with van der Waals surface area (Å²) in [5.41, 5.74) is 1.44. The van der Waals surface area contributed by atoms with E-state index in [2.05, 4.69) is 33.9 Å². The standard InChI is InChI=1S/C18H25N3O2S/c1-13(10-16-4-3-8-23-16)20-18(22)19-11-14(2)21-7-5-17-15(12-21)6-9-24-17/h3-4,6,8-9,13-14H,5,7,10-12H2,1-2H3,(H2,19,20,22)/t13-,14+/m1/s1. The second-order valence-corrected chi connectivity index (χ2v) is 7.48. The lowest BCUT2D eigenvalue weighted by atomic mass is 10.1. The molecule has 0 fully saturated rings. The average molecular weight is 347 g/mol. The van der Waals surface area contributed by atoms with Crippen LogP contribution >= 0.6 is 11.3 Å². The summed E-state index contributed by atoms with van der Waals surface area (Å²) in [6.45, 7) is 6.85. The summed E-state index contributed by atoms with van der Waals surface area (Å²) in [7, 11) is 0. The quantitative estimate of drug-likeness (QED) is 0.844. The highest BCUT2D eigenvalue weighted by Gasteiger charge is 2.21. The van der Waals surface area contributed by atoms with Gasteiger partial charge >= 0.3 is 6.03 Å². The van der Waals surface area contributed by atoms with Gasteiger partial charge < -0.3 is 15.1 Å². The van der Waals surface area contributed by atoms with Crippen LogP contribution in [0.4, 0.5) is 4.79 Å². The van der Waals surface area contributed by atoms with E-state index in [0.29, 0.717) is 19.0 Å². The molecule has 2 aromatic heterocycles. The van der Waals surface area contributed by atoms with Gasteiger partial charge in [-0.15, -0.1) is 11.3 Å². The minimum Gasteiger partial charge on any atom is -0.469 e. The number of rotatable bonds is 6. The van der Waals surface area contributed by atoms with Crippen LogP contribution in [0.5, 0.6) is 0 Å². The smallest absolute Gasteiger partial charge is 0.315 e. The summed E-state index contributed by atoms with van der Waals surface area (Å²) in [4.78, 5) is 16.0. The van der Waals surface area contributed by atoms with Gasteiger partial charge in [0.25, 0.3) is 0 Å². The molecule has 3 rings (SSSR count). The Labute approximate surface area is 147 Å². The number of furan rings is 1. The van der Waals surface area contributed by atoms with E-state index in [9.17, 15) is 4.79 Å². The molecule has 2 N–H and O–H groups in total. The Balaban J connectivity index is 1.39. The minimum atomic E-state index is -0.117. The van der Waals surface area contributed by atoms with Gasteiger partial charge in [0.05, 0.1) is 6.26 Å². The van der Waals surface area contributed by atoms with Gasteiger partial charge in [0.15, 0.2) is 0 Å². The number of amides is 2. The molecule has 0 radical (unpaired) electrons. The molecule has 0 saturated heterocycles. The van der Waals surface area contributed by atoms with Crippen molar-refractivity contribution in [3.63, 3.8) is 0 Å². The van der Waals surface area contributed by atoms with Gasteiger partial charge in [-0.05, 0) is 49.4 Å². The highest BCUT2D eigenvalue weighted by Crippen LogP contribution is 2.24. The predicted molar refractivity (Wildman–Crippen MR) is 96.3 cm³/mol. The number of hydrogen-bond donors (Lipinski definition) is 2. The van der Waals surface area contributed by atoms with Crippen molar-refractivity contribution in [1.82, 2.24) is 15.5 Å². The van der Waals surface area contributed by atoms with E-state index in [1.807, 2.05) is 30.4 Å². The van der Waals surface area contributed by atoms with Gasteiger partial charge in [0.1, 0.15) is 5.76 Å². The fourth-order valence-electron chi connectivity index (χ4n) is 3.07. The molecule has 0 aromatic carbocycles. The minimum absolute atomic E-state index is 0.0369. The van der Waals surface area contributed by atoms with E-state index in [4.69, 9.17) is 4.42 Å². The lowest BCUT2D eigenvalue weighted by molar-refractivity contribution is 0.185. The molecule has 0 spiro atoms. The summed E-state index contributed by atoms with van der Waals surface area (Å²) < 4.78 is 5.31. The summed E-state index contributed by atoms with van der Waals surface area (Å²) in [6, 6.07) is 6.25. The Morgan fingerprint density at radius 3 is 3.08 bits per heavy atom. The van der Waals surface area contributed by atoms with E-state index in [1.54, 1.807) is 6.26 Å². The zero-order valence-electron chi connectivity index (χ0n) is 14.2. The number of carbonyl (C=O) groups is 1. The first-order valence-electron chi connectivity index (χ1n) is 8.48. The monoisotopic (exact) mass is 347 g/mol. The van der Waals surface area contributed by atoms with Crippen LogP contribution < -0.4 is 10.6 Å². The van der Waals surface area contributed by atoms with Crippen molar-refractivity contribution in [2.75, 3.05) is 13.1 Å². The van der Waals surface area contributed by atoms with E-state index in [0.717, 1.165) is 25.3 Å². The van der Waals surface area contributed by atoms with Crippen molar-refractivity contribution < 1.29 is 9.21 Å². The van der Waals surface area contributed by atoms with Gasteiger partial charge in [-0.3, -0.25) is 4.90 Å². The zero-order valence-corrected chi connectivity index (χ0v) is 15.1. The first-order chi connectivity index (χ1) is 11.6. The van der Waals surface area contributed by atoms with Crippen LogP contribution in [0.1, 0.15) is 30.0 Å². The lowest BCUT2D eigenvalue weighted by Gasteiger charge is -2.32. The number of thiophene rings is 1. The van der Waals surface area contributed by atoms with Gasteiger partial charge in [-0.1, -0.05) is 0 Å². The molecule has 0 aliphatic carbocycles. The van der Waals surface area contributed by atoms with Crippen LogP contribution in [0.2, 0.25) is 0 Å². The first kappa shape index (κ1) is 17.0. The molecule has 3 heterocycles. The average Bonchev–Trinajstić information content (AvgIpc) is 3.22. The third kappa shape index (κ3) is 4.39. The molecule has 0 saturated carbocycles. The maximum absolute atomic E-state index is 12.1. The Bertz CT molecular complexity index is 653. The Morgan fingerprint density at radius 2 is 2.29 bits per heavy atom. The third-order valence-electron chi connectivity index (χ3n) is 4.48. The summed E-state index contributed by atoms with van der Waals surface area (Å²) in [5.74, 6) is 0.885. The van der Waals surface area contributed by atoms with E-state index in [1.165, 1.54) is 10.4 Å². The van der Waals surface area contributed by atoms with Crippen molar-refractivity contribution in [2.24, 2.45) is 0 Å². The molecule has 1 aliphatic heterocycles. The van der Waals surface area contributed by atoms with Gasteiger partial charge in [0, 0.05) is 43.0 Å². The molecule has 2 atom stereocenters. The fraction of sp³-hybridized carbons (Fsp3) is 0.500. The normalized spacial score (nSPS) is 17.1.